The van der Waals surface area contributed by atoms with Crippen molar-refractivity contribution in [3.8, 4) is 0 Å². The number of aryl methyl sites for hydroxylation is 1. The van der Waals surface area contributed by atoms with Crippen molar-refractivity contribution in [2.75, 3.05) is 0 Å². The number of rotatable bonds is 1. The Balaban J connectivity index is 1.85. The van der Waals surface area contributed by atoms with E-state index in [9.17, 15) is 9.18 Å². The number of carbonyl (C=O) groups is 1. The maximum Gasteiger partial charge on any atom is 0.254 e. The molecule has 0 radical (unpaired) electrons. The van der Waals surface area contributed by atoms with Gasteiger partial charge in [0.15, 0.2) is 0 Å². The lowest BCUT2D eigenvalue weighted by Gasteiger charge is -2.15. The van der Waals surface area contributed by atoms with E-state index in [0.717, 1.165) is 11.3 Å². The first-order valence-corrected chi connectivity index (χ1v) is 6.13. The van der Waals surface area contributed by atoms with E-state index >= 15 is 0 Å². The molecular formula is C15H13FN2O. The summed E-state index contributed by atoms with van der Waals surface area (Å²) in [5.74, 6) is -0.502. The molecule has 96 valence electrons. The van der Waals surface area contributed by atoms with Gasteiger partial charge in [-0.25, -0.2) is 4.39 Å². The number of halogens is 1. The minimum atomic E-state index is -0.347. The van der Waals surface area contributed by atoms with Gasteiger partial charge in [0.05, 0.1) is 12.2 Å². The zero-order valence-corrected chi connectivity index (χ0v) is 10.6. The first-order valence-electron chi connectivity index (χ1n) is 6.13. The fourth-order valence-electron chi connectivity index (χ4n) is 2.25. The summed E-state index contributed by atoms with van der Waals surface area (Å²) in [5.41, 5.74) is 2.91. The number of hydrogen-bond acceptors (Lipinski definition) is 2. The Hall–Kier alpha value is -2.23. The average molecular weight is 256 g/mol. The highest BCUT2D eigenvalue weighted by molar-refractivity contribution is 5.94. The van der Waals surface area contributed by atoms with Gasteiger partial charge in [0.1, 0.15) is 5.82 Å². The topological polar surface area (TPSA) is 33.2 Å². The number of amides is 1. The Bertz CT molecular complexity index is 629. The smallest absolute Gasteiger partial charge is 0.254 e. The van der Waals surface area contributed by atoms with Gasteiger partial charge in [0.25, 0.3) is 5.91 Å². The van der Waals surface area contributed by atoms with Gasteiger partial charge in [-0.05, 0) is 36.2 Å². The normalized spacial score (nSPS) is 13.5. The molecule has 0 saturated heterocycles. The molecule has 3 rings (SSSR count). The van der Waals surface area contributed by atoms with Gasteiger partial charge in [0, 0.05) is 18.3 Å². The fraction of sp³-hybridized carbons (Fsp3) is 0.200. The van der Waals surface area contributed by atoms with E-state index in [1.54, 1.807) is 30.2 Å². The standard InChI is InChI=1S/C15H13FN2O/c1-10-4-5-11(7-13(10)16)15(19)18-8-12-3-2-6-17-14(12)9-18/h2-7H,8-9H2,1H3. The summed E-state index contributed by atoms with van der Waals surface area (Å²) >= 11 is 0. The molecule has 1 aliphatic heterocycles. The number of carbonyl (C=O) groups excluding carboxylic acids is 1. The summed E-state index contributed by atoms with van der Waals surface area (Å²) in [6.07, 6.45) is 1.72. The molecule has 0 fully saturated rings. The van der Waals surface area contributed by atoms with E-state index in [1.165, 1.54) is 6.07 Å². The molecule has 2 aromatic rings. The maximum atomic E-state index is 13.5. The van der Waals surface area contributed by atoms with E-state index < -0.39 is 0 Å². The van der Waals surface area contributed by atoms with Crippen LogP contribution in [0.4, 0.5) is 4.39 Å². The zero-order chi connectivity index (χ0) is 13.4. The summed E-state index contributed by atoms with van der Waals surface area (Å²) in [6.45, 7) is 2.71. The van der Waals surface area contributed by atoms with Crippen molar-refractivity contribution in [2.45, 2.75) is 20.0 Å². The highest BCUT2D eigenvalue weighted by atomic mass is 19.1. The highest BCUT2D eigenvalue weighted by Gasteiger charge is 2.25. The van der Waals surface area contributed by atoms with Crippen molar-refractivity contribution in [2.24, 2.45) is 0 Å². The van der Waals surface area contributed by atoms with E-state index in [2.05, 4.69) is 4.98 Å². The van der Waals surface area contributed by atoms with Crippen molar-refractivity contribution in [3.05, 3.63) is 64.7 Å². The van der Waals surface area contributed by atoms with Crippen molar-refractivity contribution < 1.29 is 9.18 Å². The summed E-state index contributed by atoms with van der Waals surface area (Å²) in [6, 6.07) is 8.42. The van der Waals surface area contributed by atoms with Gasteiger partial charge in [-0.15, -0.1) is 0 Å². The summed E-state index contributed by atoms with van der Waals surface area (Å²) in [7, 11) is 0. The van der Waals surface area contributed by atoms with Gasteiger partial charge in [-0.1, -0.05) is 12.1 Å². The Labute approximate surface area is 110 Å². The number of aromatic nitrogens is 1. The van der Waals surface area contributed by atoms with Crippen molar-refractivity contribution >= 4 is 5.91 Å². The van der Waals surface area contributed by atoms with Crippen LogP contribution < -0.4 is 0 Å². The molecule has 4 heteroatoms. The molecule has 1 aromatic carbocycles. The Morgan fingerprint density at radius 1 is 1.32 bits per heavy atom. The molecule has 1 aromatic heterocycles. The first-order chi connectivity index (χ1) is 9.15. The van der Waals surface area contributed by atoms with Crippen LogP contribution in [0.15, 0.2) is 36.5 Å². The fourth-order valence-corrected chi connectivity index (χ4v) is 2.25. The van der Waals surface area contributed by atoms with Crippen molar-refractivity contribution in [3.63, 3.8) is 0 Å². The van der Waals surface area contributed by atoms with Gasteiger partial charge < -0.3 is 4.90 Å². The second-order valence-electron chi connectivity index (χ2n) is 4.73. The number of nitrogens with zero attached hydrogens (tertiary/aromatic N) is 2. The average Bonchev–Trinajstić information content (AvgIpc) is 2.85. The molecule has 0 spiro atoms. The highest BCUT2D eigenvalue weighted by Crippen LogP contribution is 2.22. The lowest BCUT2D eigenvalue weighted by Crippen LogP contribution is -2.25. The van der Waals surface area contributed by atoms with Crippen LogP contribution in [0.3, 0.4) is 0 Å². The lowest BCUT2D eigenvalue weighted by molar-refractivity contribution is 0.0750. The number of pyridine rings is 1. The number of fused-ring (bicyclic) bond motifs is 1. The monoisotopic (exact) mass is 256 g/mol. The Kier molecular flexibility index (Phi) is 2.78. The third-order valence-electron chi connectivity index (χ3n) is 3.39. The van der Waals surface area contributed by atoms with Crippen LogP contribution in [0.1, 0.15) is 27.2 Å². The predicted octanol–water partition coefficient (Wildman–Crippen LogP) is 2.69. The van der Waals surface area contributed by atoms with Crippen LogP contribution in [-0.2, 0) is 13.1 Å². The van der Waals surface area contributed by atoms with Crippen LogP contribution in [0.5, 0.6) is 0 Å². The molecule has 0 unspecified atom stereocenters. The molecule has 1 aliphatic rings. The zero-order valence-electron chi connectivity index (χ0n) is 10.6. The van der Waals surface area contributed by atoms with Gasteiger partial charge in [0.2, 0.25) is 0 Å². The van der Waals surface area contributed by atoms with Crippen LogP contribution in [0.2, 0.25) is 0 Å². The lowest BCUT2D eigenvalue weighted by atomic mass is 10.1. The molecular weight excluding hydrogens is 243 g/mol. The summed E-state index contributed by atoms with van der Waals surface area (Å²) < 4.78 is 13.5. The van der Waals surface area contributed by atoms with E-state index in [-0.39, 0.29) is 11.7 Å². The minimum Gasteiger partial charge on any atom is -0.328 e. The minimum absolute atomic E-state index is 0.156. The number of hydrogen-bond donors (Lipinski definition) is 0. The van der Waals surface area contributed by atoms with E-state index in [1.807, 2.05) is 12.1 Å². The third-order valence-corrected chi connectivity index (χ3v) is 3.39. The molecule has 0 N–H and O–H groups in total. The molecule has 1 amide bonds. The quantitative estimate of drug-likeness (QED) is 0.786. The SMILES string of the molecule is Cc1ccc(C(=O)N2Cc3cccnc3C2)cc1F. The van der Waals surface area contributed by atoms with Crippen molar-refractivity contribution in [1.29, 1.82) is 0 Å². The van der Waals surface area contributed by atoms with E-state index in [4.69, 9.17) is 0 Å². The molecule has 0 saturated carbocycles. The second-order valence-corrected chi connectivity index (χ2v) is 4.73. The third kappa shape index (κ3) is 2.10. The number of benzene rings is 1. The maximum absolute atomic E-state index is 13.5. The van der Waals surface area contributed by atoms with Crippen LogP contribution in [0.25, 0.3) is 0 Å². The Morgan fingerprint density at radius 3 is 2.89 bits per heavy atom. The van der Waals surface area contributed by atoms with Crippen molar-refractivity contribution in [1.82, 2.24) is 9.88 Å². The van der Waals surface area contributed by atoms with E-state index in [0.29, 0.717) is 24.2 Å². The Morgan fingerprint density at radius 2 is 2.16 bits per heavy atom. The molecule has 19 heavy (non-hydrogen) atoms. The van der Waals surface area contributed by atoms with Gasteiger partial charge in [-0.2, -0.15) is 0 Å². The van der Waals surface area contributed by atoms with Crippen LogP contribution >= 0.6 is 0 Å². The largest absolute Gasteiger partial charge is 0.328 e. The molecule has 0 atom stereocenters. The van der Waals surface area contributed by atoms with Gasteiger partial charge >= 0.3 is 0 Å². The summed E-state index contributed by atoms with van der Waals surface area (Å²) in [5, 5.41) is 0. The van der Waals surface area contributed by atoms with Crippen LogP contribution in [-0.4, -0.2) is 15.8 Å². The first kappa shape index (κ1) is 11.8. The predicted molar refractivity (Wildman–Crippen MR) is 69.0 cm³/mol. The second kappa shape index (κ2) is 4.46. The summed E-state index contributed by atoms with van der Waals surface area (Å²) in [4.78, 5) is 18.2. The molecule has 0 aliphatic carbocycles. The van der Waals surface area contributed by atoms with Crippen LogP contribution in [0, 0.1) is 12.7 Å². The molecule has 0 bridgehead atoms. The molecule has 3 nitrogen and oxygen atoms in total. The molecule has 2 heterocycles. The van der Waals surface area contributed by atoms with Gasteiger partial charge in [-0.3, -0.25) is 9.78 Å².